The summed E-state index contributed by atoms with van der Waals surface area (Å²) in [6.07, 6.45) is 4.81. The second-order valence-corrected chi connectivity index (χ2v) is 3.93. The molecule has 2 nitrogen and oxygen atoms in total. The van der Waals surface area contributed by atoms with E-state index in [4.69, 9.17) is 4.74 Å². The highest BCUT2D eigenvalue weighted by Crippen LogP contribution is 2.13. The van der Waals surface area contributed by atoms with Crippen molar-refractivity contribution < 1.29 is 4.74 Å². The summed E-state index contributed by atoms with van der Waals surface area (Å²) in [5.41, 5.74) is 1.20. The van der Waals surface area contributed by atoms with Crippen molar-refractivity contribution in [2.45, 2.75) is 26.4 Å². The number of ether oxygens (including phenoxy) is 1. The third-order valence-electron chi connectivity index (χ3n) is 1.52. The minimum absolute atomic E-state index is 0.209. The highest BCUT2D eigenvalue weighted by Gasteiger charge is 1.99. The predicted molar refractivity (Wildman–Crippen MR) is 57.5 cm³/mol. The van der Waals surface area contributed by atoms with Gasteiger partial charge in [0.2, 0.25) is 0 Å². The molecule has 0 saturated heterocycles. The second kappa shape index (κ2) is 5.22. The summed E-state index contributed by atoms with van der Waals surface area (Å²) in [5, 5.41) is 0.958. The zero-order valence-electron chi connectivity index (χ0n) is 7.96. The molecule has 0 radical (unpaired) electrons. The van der Waals surface area contributed by atoms with Crippen molar-refractivity contribution in [2.75, 3.05) is 5.33 Å². The molecule has 0 atom stereocenters. The van der Waals surface area contributed by atoms with Crippen molar-refractivity contribution in [1.82, 2.24) is 4.98 Å². The first kappa shape index (κ1) is 10.5. The Morgan fingerprint density at radius 3 is 2.85 bits per heavy atom. The van der Waals surface area contributed by atoms with Crippen LogP contribution in [0.5, 0.6) is 5.75 Å². The Morgan fingerprint density at radius 1 is 1.46 bits per heavy atom. The summed E-state index contributed by atoms with van der Waals surface area (Å²) >= 11 is 3.39. The van der Waals surface area contributed by atoms with Gasteiger partial charge in [0.1, 0.15) is 5.75 Å². The SMILES string of the molecule is CC(C)Oc1cncc(CCBr)c1. The Bertz CT molecular complexity index is 263. The van der Waals surface area contributed by atoms with Gasteiger partial charge in [-0.15, -0.1) is 0 Å². The van der Waals surface area contributed by atoms with Crippen molar-refractivity contribution in [1.29, 1.82) is 0 Å². The second-order valence-electron chi connectivity index (χ2n) is 3.13. The number of aromatic nitrogens is 1. The molecule has 0 amide bonds. The van der Waals surface area contributed by atoms with Gasteiger partial charge in [-0.3, -0.25) is 4.98 Å². The van der Waals surface area contributed by atoms with Crippen LogP contribution in [0.3, 0.4) is 0 Å². The van der Waals surface area contributed by atoms with Gasteiger partial charge in [-0.25, -0.2) is 0 Å². The molecule has 0 unspecified atom stereocenters. The van der Waals surface area contributed by atoms with E-state index in [0.717, 1.165) is 17.5 Å². The van der Waals surface area contributed by atoms with E-state index >= 15 is 0 Å². The molecule has 0 fully saturated rings. The van der Waals surface area contributed by atoms with Crippen molar-refractivity contribution in [2.24, 2.45) is 0 Å². The minimum Gasteiger partial charge on any atom is -0.489 e. The van der Waals surface area contributed by atoms with Gasteiger partial charge in [-0.1, -0.05) is 15.9 Å². The highest BCUT2D eigenvalue weighted by atomic mass is 79.9. The summed E-state index contributed by atoms with van der Waals surface area (Å²) in [7, 11) is 0. The van der Waals surface area contributed by atoms with Crippen LogP contribution in [0.2, 0.25) is 0 Å². The van der Waals surface area contributed by atoms with Gasteiger partial charge in [0.15, 0.2) is 0 Å². The maximum absolute atomic E-state index is 5.52. The van der Waals surface area contributed by atoms with Crippen LogP contribution >= 0.6 is 15.9 Å². The number of hydrogen-bond acceptors (Lipinski definition) is 2. The van der Waals surface area contributed by atoms with E-state index in [-0.39, 0.29) is 6.10 Å². The molecule has 0 N–H and O–H groups in total. The number of pyridine rings is 1. The third-order valence-corrected chi connectivity index (χ3v) is 1.92. The minimum atomic E-state index is 0.209. The molecule has 72 valence electrons. The molecular formula is C10H14BrNO. The zero-order chi connectivity index (χ0) is 9.68. The van der Waals surface area contributed by atoms with E-state index < -0.39 is 0 Å². The van der Waals surface area contributed by atoms with Gasteiger partial charge in [-0.05, 0) is 31.9 Å². The summed E-state index contributed by atoms with van der Waals surface area (Å²) in [5.74, 6) is 0.855. The molecule has 13 heavy (non-hydrogen) atoms. The van der Waals surface area contributed by atoms with Gasteiger partial charge in [0, 0.05) is 11.5 Å². The van der Waals surface area contributed by atoms with Crippen LogP contribution in [0.1, 0.15) is 19.4 Å². The number of nitrogens with zero attached hydrogens (tertiary/aromatic N) is 1. The van der Waals surface area contributed by atoms with Crippen molar-refractivity contribution in [3.8, 4) is 5.75 Å². The first-order chi connectivity index (χ1) is 6.22. The van der Waals surface area contributed by atoms with E-state index in [9.17, 15) is 0 Å². The Balaban J connectivity index is 2.67. The lowest BCUT2D eigenvalue weighted by atomic mass is 10.2. The number of hydrogen-bond donors (Lipinski definition) is 0. The monoisotopic (exact) mass is 243 g/mol. The molecule has 0 bridgehead atoms. The third kappa shape index (κ3) is 3.77. The smallest absolute Gasteiger partial charge is 0.138 e. The van der Waals surface area contributed by atoms with E-state index in [1.807, 2.05) is 26.1 Å². The predicted octanol–water partition coefficient (Wildman–Crippen LogP) is 2.81. The van der Waals surface area contributed by atoms with Crippen LogP contribution in [0.4, 0.5) is 0 Å². The standard InChI is InChI=1S/C10H14BrNO/c1-8(2)13-10-5-9(3-4-11)6-12-7-10/h5-8H,3-4H2,1-2H3. The first-order valence-corrected chi connectivity index (χ1v) is 5.51. The van der Waals surface area contributed by atoms with Gasteiger partial charge < -0.3 is 4.74 Å². The lowest BCUT2D eigenvalue weighted by molar-refractivity contribution is 0.241. The fraction of sp³-hybridized carbons (Fsp3) is 0.500. The van der Waals surface area contributed by atoms with Gasteiger partial charge in [-0.2, -0.15) is 0 Å². The lowest BCUT2D eigenvalue weighted by Gasteiger charge is -2.09. The first-order valence-electron chi connectivity index (χ1n) is 4.39. The topological polar surface area (TPSA) is 22.1 Å². The summed E-state index contributed by atoms with van der Waals surface area (Å²) in [6, 6.07) is 2.04. The van der Waals surface area contributed by atoms with Crippen molar-refractivity contribution in [3.05, 3.63) is 24.0 Å². The molecule has 0 aromatic carbocycles. The van der Waals surface area contributed by atoms with Gasteiger partial charge in [0.05, 0.1) is 12.3 Å². The highest BCUT2D eigenvalue weighted by molar-refractivity contribution is 9.09. The molecule has 1 heterocycles. The Kier molecular flexibility index (Phi) is 4.22. The number of alkyl halides is 1. The molecule has 3 heteroatoms. The molecule has 0 aliphatic carbocycles. The summed E-state index contributed by atoms with van der Waals surface area (Å²) in [6.45, 7) is 4.02. The maximum Gasteiger partial charge on any atom is 0.138 e. The molecule has 1 aromatic heterocycles. The maximum atomic E-state index is 5.52. The Hall–Kier alpha value is -0.570. The van der Waals surface area contributed by atoms with Crippen LogP contribution in [-0.2, 0) is 6.42 Å². The fourth-order valence-electron chi connectivity index (χ4n) is 1.05. The van der Waals surface area contributed by atoms with Crippen LogP contribution in [-0.4, -0.2) is 16.4 Å². The normalized spacial score (nSPS) is 10.5. The van der Waals surface area contributed by atoms with Gasteiger partial charge in [0.25, 0.3) is 0 Å². The van der Waals surface area contributed by atoms with Crippen LogP contribution in [0, 0.1) is 0 Å². The zero-order valence-corrected chi connectivity index (χ0v) is 9.54. The Labute approximate surface area is 87.5 Å². The molecule has 0 saturated carbocycles. The average Bonchev–Trinajstić information content (AvgIpc) is 2.04. The largest absolute Gasteiger partial charge is 0.489 e. The van der Waals surface area contributed by atoms with Crippen LogP contribution in [0.25, 0.3) is 0 Å². The fourth-order valence-corrected chi connectivity index (χ4v) is 1.50. The van der Waals surface area contributed by atoms with E-state index in [0.29, 0.717) is 0 Å². The number of aryl methyl sites for hydroxylation is 1. The van der Waals surface area contributed by atoms with Crippen LogP contribution in [0.15, 0.2) is 18.5 Å². The number of rotatable bonds is 4. The van der Waals surface area contributed by atoms with Crippen molar-refractivity contribution in [3.63, 3.8) is 0 Å². The Morgan fingerprint density at radius 2 is 2.23 bits per heavy atom. The van der Waals surface area contributed by atoms with Crippen molar-refractivity contribution >= 4 is 15.9 Å². The molecule has 1 rings (SSSR count). The molecule has 0 aliphatic heterocycles. The average molecular weight is 244 g/mol. The van der Waals surface area contributed by atoms with Gasteiger partial charge >= 0.3 is 0 Å². The van der Waals surface area contributed by atoms with Crippen LogP contribution < -0.4 is 4.74 Å². The molecule has 1 aromatic rings. The quantitative estimate of drug-likeness (QED) is 0.760. The van der Waals surface area contributed by atoms with E-state index in [2.05, 4.69) is 20.9 Å². The van der Waals surface area contributed by atoms with E-state index in [1.54, 1.807) is 6.20 Å². The molecular weight excluding hydrogens is 230 g/mol. The van der Waals surface area contributed by atoms with E-state index in [1.165, 1.54) is 5.56 Å². The number of halogens is 1. The molecule has 0 aliphatic rings. The molecule has 0 spiro atoms. The summed E-state index contributed by atoms with van der Waals surface area (Å²) in [4.78, 5) is 4.11. The lowest BCUT2D eigenvalue weighted by Crippen LogP contribution is -2.06. The summed E-state index contributed by atoms with van der Waals surface area (Å²) < 4.78 is 5.52.